The fourth-order valence-electron chi connectivity index (χ4n) is 0.483. The van der Waals surface area contributed by atoms with Crippen molar-refractivity contribution in [3.8, 4) is 0 Å². The van der Waals surface area contributed by atoms with Gasteiger partial charge in [-0.2, -0.15) is 0 Å². The summed E-state index contributed by atoms with van der Waals surface area (Å²) in [5, 5.41) is 0. The van der Waals surface area contributed by atoms with Crippen molar-refractivity contribution in [3.63, 3.8) is 0 Å². The predicted molar refractivity (Wildman–Crippen MR) is 30.7 cm³/mol. The van der Waals surface area contributed by atoms with E-state index in [2.05, 4.69) is 6.07 Å². The molecule has 0 aliphatic carbocycles. The van der Waals surface area contributed by atoms with E-state index in [1.54, 1.807) is 0 Å². The van der Waals surface area contributed by atoms with Crippen molar-refractivity contribution in [2.45, 2.75) is 0 Å². The van der Waals surface area contributed by atoms with Crippen molar-refractivity contribution < 1.29 is 0 Å². The third-order valence-electron chi connectivity index (χ3n) is 0.865. The molecule has 0 aromatic heterocycles. The molecule has 1 rings (SSSR count). The average molecular weight is 83.0 g/mol. The average Bonchev–Trinajstić information content (AvgIpc) is 1.69. The maximum absolute atomic E-state index is 3.03. The van der Waals surface area contributed by atoms with E-state index in [0.717, 1.165) is 0 Å². The van der Waals surface area contributed by atoms with Gasteiger partial charge in [-0.15, -0.1) is 0 Å². The van der Waals surface area contributed by atoms with Gasteiger partial charge in [-0.25, -0.2) is 0 Å². The molecule has 1 aromatic carbocycles. The molecular weight excluding hydrogens is 79.0 g/mol. The Labute approximate surface area is 52.8 Å². The zero-order valence-corrected chi connectivity index (χ0v) is 4.31. The second-order valence-corrected chi connectivity index (χ2v) is 1.55. The Kier molecular flexibility index (Phi) is 1.57. The van der Waals surface area contributed by atoms with Gasteiger partial charge in [0, 0.05) is 0 Å². The van der Waals surface area contributed by atoms with Crippen molar-refractivity contribution >= 4 is 22.0 Å². The van der Waals surface area contributed by atoms with Crippen LogP contribution in [0.4, 0.5) is 0 Å². The third kappa shape index (κ3) is 1.39. The molecule has 0 bridgehead atoms. The van der Waals surface area contributed by atoms with E-state index in [-0.39, 0.29) is 0 Å². The fourth-order valence-corrected chi connectivity index (χ4v) is 0.483. The molecule has 0 fully saturated rings. The van der Waals surface area contributed by atoms with Gasteiger partial charge in [0.05, 0.1) is 0 Å². The minimum absolute atomic E-state index is 1.20. The molecule has 0 nitrogen and oxygen atoms in total. The molecule has 0 heterocycles. The predicted octanol–water partition coefficient (Wildman–Crippen LogP) is 0.281. The summed E-state index contributed by atoms with van der Waals surface area (Å²) in [6.45, 7) is 0. The standard InChI is InChI=1S/C6H4.Li/c1-2-4-6-5-3-1;/h1-4H;. The Morgan fingerprint density at radius 3 is 2.57 bits per heavy atom. The Morgan fingerprint density at radius 1 is 1.43 bits per heavy atom. The molecule has 0 spiro atoms. The molecule has 1 heteroatoms. The first-order valence-corrected chi connectivity index (χ1v) is 2.33. The summed E-state index contributed by atoms with van der Waals surface area (Å²) in [4.78, 5) is 0. The Bertz CT molecular complexity index is 134. The van der Waals surface area contributed by atoms with Gasteiger partial charge >= 0.3 is 52.3 Å². The quantitative estimate of drug-likeness (QED) is 0.395. The molecule has 29 valence electrons. The van der Waals surface area contributed by atoms with E-state index >= 15 is 0 Å². The molecule has 0 atom stereocenters. The van der Waals surface area contributed by atoms with Crippen molar-refractivity contribution in [1.82, 2.24) is 0 Å². The molecule has 0 aliphatic heterocycles. The Morgan fingerprint density at radius 2 is 2.29 bits per heavy atom. The summed E-state index contributed by atoms with van der Waals surface area (Å²) in [5.41, 5.74) is 0. The van der Waals surface area contributed by atoms with Gasteiger partial charge < -0.3 is 0 Å². The number of hydrogen-bond donors (Lipinski definition) is 0. The zero-order chi connectivity index (χ0) is 5.11. The Hall–Kier alpha value is -0.183. The van der Waals surface area contributed by atoms with Gasteiger partial charge in [0.25, 0.3) is 0 Å². The molecule has 0 unspecified atom stereocenters. The zero-order valence-electron chi connectivity index (χ0n) is 4.31. The molecule has 7 heavy (non-hydrogen) atoms. The van der Waals surface area contributed by atoms with Crippen LogP contribution in [0, 0.1) is 6.07 Å². The van der Waals surface area contributed by atoms with E-state index in [1.165, 1.54) is 4.24 Å². The van der Waals surface area contributed by atoms with Crippen LogP contribution in [0.3, 0.4) is 0 Å². The number of hydrogen-bond acceptors (Lipinski definition) is 0. The minimum atomic E-state index is 1.20. The molecule has 0 saturated carbocycles. The van der Waals surface area contributed by atoms with Crippen LogP contribution in [0.5, 0.6) is 0 Å². The normalized spacial score (nSPS) is 8.86. The monoisotopic (exact) mass is 83.0 g/mol. The molecule has 0 aliphatic rings. The molecular formula is C6H4Li. The summed E-state index contributed by atoms with van der Waals surface area (Å²) in [6, 6.07) is 10.9. The summed E-state index contributed by atoms with van der Waals surface area (Å²) >= 11 is 2.03. The first kappa shape index (κ1) is 4.96. The molecule has 0 N–H and O–H groups in total. The van der Waals surface area contributed by atoms with E-state index < -0.39 is 0 Å². The number of rotatable bonds is 0. The van der Waals surface area contributed by atoms with Crippen molar-refractivity contribution in [3.05, 3.63) is 30.3 Å². The SMILES string of the molecule is [Li][c]1[c]cccc1. The second kappa shape index (κ2) is 2.21. The van der Waals surface area contributed by atoms with E-state index in [4.69, 9.17) is 0 Å². The second-order valence-electron chi connectivity index (χ2n) is 1.55. The van der Waals surface area contributed by atoms with Gasteiger partial charge in [-0.05, 0) is 0 Å². The van der Waals surface area contributed by atoms with Crippen LogP contribution >= 0.6 is 0 Å². The van der Waals surface area contributed by atoms with Gasteiger partial charge in [0.15, 0.2) is 0 Å². The van der Waals surface area contributed by atoms with Gasteiger partial charge in [-0.1, -0.05) is 0 Å². The number of benzene rings is 1. The van der Waals surface area contributed by atoms with Crippen LogP contribution in [0.15, 0.2) is 24.3 Å². The van der Waals surface area contributed by atoms with Crippen LogP contribution < -0.4 is 4.24 Å². The van der Waals surface area contributed by atoms with E-state index in [9.17, 15) is 0 Å². The van der Waals surface area contributed by atoms with Gasteiger partial charge in [0.2, 0.25) is 0 Å². The van der Waals surface area contributed by atoms with Crippen LogP contribution in [-0.2, 0) is 0 Å². The summed E-state index contributed by atoms with van der Waals surface area (Å²) < 4.78 is 1.20. The molecule has 1 radical (unpaired) electrons. The topological polar surface area (TPSA) is 0 Å². The van der Waals surface area contributed by atoms with Crippen LogP contribution in [-0.4, -0.2) is 17.7 Å². The summed E-state index contributed by atoms with van der Waals surface area (Å²) in [7, 11) is 0. The van der Waals surface area contributed by atoms with Crippen LogP contribution in [0.2, 0.25) is 0 Å². The van der Waals surface area contributed by atoms with Crippen molar-refractivity contribution in [2.24, 2.45) is 0 Å². The van der Waals surface area contributed by atoms with E-state index in [1.807, 2.05) is 42.0 Å². The summed E-state index contributed by atoms with van der Waals surface area (Å²) in [5.74, 6) is 0. The van der Waals surface area contributed by atoms with Crippen molar-refractivity contribution in [2.75, 3.05) is 0 Å². The maximum atomic E-state index is 3.03. The molecule has 0 amide bonds. The van der Waals surface area contributed by atoms with Gasteiger partial charge in [-0.3, -0.25) is 0 Å². The van der Waals surface area contributed by atoms with E-state index in [0.29, 0.717) is 0 Å². The summed E-state index contributed by atoms with van der Waals surface area (Å²) in [6.07, 6.45) is 0. The van der Waals surface area contributed by atoms with Gasteiger partial charge in [0.1, 0.15) is 0 Å². The van der Waals surface area contributed by atoms with Crippen LogP contribution in [0.25, 0.3) is 0 Å². The molecule has 0 saturated heterocycles. The fraction of sp³-hybridized carbons (Fsp3) is 0. The molecule has 1 aromatic rings. The third-order valence-corrected chi connectivity index (χ3v) is 0.865. The van der Waals surface area contributed by atoms with Crippen molar-refractivity contribution in [1.29, 1.82) is 0 Å². The first-order chi connectivity index (χ1) is 3.39. The van der Waals surface area contributed by atoms with Crippen LogP contribution in [0.1, 0.15) is 0 Å². The Balaban J connectivity index is 3.02. The first-order valence-electron chi connectivity index (χ1n) is 2.33.